The van der Waals surface area contributed by atoms with Crippen molar-refractivity contribution < 1.29 is 19.0 Å². The lowest BCUT2D eigenvalue weighted by Gasteiger charge is -2.26. The molecule has 0 aliphatic rings. The van der Waals surface area contributed by atoms with Crippen LogP contribution in [0.2, 0.25) is 0 Å². The number of nitrogen functional groups attached to an aromatic ring is 3. The van der Waals surface area contributed by atoms with E-state index < -0.39 is 11.9 Å². The zero-order valence-corrected chi connectivity index (χ0v) is 19.7. The summed E-state index contributed by atoms with van der Waals surface area (Å²) in [6.45, 7) is 5.56. The highest BCUT2D eigenvalue weighted by molar-refractivity contribution is 5.89. The Bertz CT molecular complexity index is 867. The van der Waals surface area contributed by atoms with E-state index in [1.54, 1.807) is 32.4 Å². The second-order valence-electron chi connectivity index (χ2n) is 8.90. The van der Waals surface area contributed by atoms with Crippen molar-refractivity contribution in [2.75, 3.05) is 31.4 Å². The minimum Gasteiger partial charge on any atom is -0.456 e. The minimum atomic E-state index is -0.517. The van der Waals surface area contributed by atoms with E-state index in [9.17, 15) is 4.79 Å². The first-order valence-electron chi connectivity index (χ1n) is 10.7. The molecule has 0 aliphatic heterocycles. The Kier molecular flexibility index (Phi) is 8.86. The van der Waals surface area contributed by atoms with Crippen LogP contribution in [0, 0.1) is 5.92 Å². The van der Waals surface area contributed by atoms with Gasteiger partial charge in [-0.05, 0) is 64.2 Å². The second-order valence-corrected chi connectivity index (χ2v) is 8.90. The first-order valence-corrected chi connectivity index (χ1v) is 10.7. The number of carbonyl (C=O) groups is 1. The smallest absolute Gasteiger partial charge is 0.338 e. The number of esters is 1. The molecule has 6 N–H and O–H groups in total. The van der Waals surface area contributed by atoms with Crippen LogP contribution in [0.25, 0.3) is 0 Å². The van der Waals surface area contributed by atoms with E-state index in [-0.39, 0.29) is 11.9 Å². The van der Waals surface area contributed by atoms with Gasteiger partial charge in [-0.25, -0.2) is 9.78 Å². The summed E-state index contributed by atoms with van der Waals surface area (Å²) in [5.41, 5.74) is 20.3. The number of rotatable bonds is 10. The maximum atomic E-state index is 12.2. The van der Waals surface area contributed by atoms with Gasteiger partial charge in [-0.2, -0.15) is 0 Å². The Hall–Kier alpha value is -2.84. The molecule has 0 saturated carbocycles. The Morgan fingerprint density at radius 1 is 1.06 bits per heavy atom. The normalized spacial score (nSPS) is 12.7. The largest absolute Gasteiger partial charge is 0.456 e. The van der Waals surface area contributed by atoms with Crippen molar-refractivity contribution in [3.05, 3.63) is 47.0 Å². The van der Waals surface area contributed by atoms with E-state index in [1.165, 1.54) is 0 Å². The number of aryl methyl sites for hydroxylation is 1. The molecule has 0 saturated heterocycles. The number of aromatic nitrogens is 1. The Morgan fingerprint density at radius 3 is 2.22 bits per heavy atom. The topological polar surface area (TPSA) is 136 Å². The monoisotopic (exact) mass is 444 g/mol. The van der Waals surface area contributed by atoms with Crippen LogP contribution in [0.5, 0.6) is 0 Å². The summed E-state index contributed by atoms with van der Waals surface area (Å²) >= 11 is 0. The van der Waals surface area contributed by atoms with Crippen LogP contribution in [-0.4, -0.2) is 37.1 Å². The lowest BCUT2D eigenvalue weighted by atomic mass is 9.91. The third kappa shape index (κ3) is 7.39. The van der Waals surface area contributed by atoms with Crippen LogP contribution < -0.4 is 17.2 Å². The van der Waals surface area contributed by atoms with Gasteiger partial charge in [-0.3, -0.25) is 0 Å². The van der Waals surface area contributed by atoms with Crippen LogP contribution >= 0.6 is 0 Å². The molecule has 1 atom stereocenters. The lowest BCUT2D eigenvalue weighted by molar-refractivity contribution is -0.138. The van der Waals surface area contributed by atoms with Crippen molar-refractivity contribution >= 4 is 23.3 Å². The summed E-state index contributed by atoms with van der Waals surface area (Å²) < 4.78 is 16.5. The van der Waals surface area contributed by atoms with Gasteiger partial charge in [0.2, 0.25) is 0 Å². The molecular formula is C24H36N4O4. The molecule has 176 valence electrons. The molecule has 0 fully saturated rings. The van der Waals surface area contributed by atoms with Gasteiger partial charge in [0, 0.05) is 37.5 Å². The number of hydrogen-bond donors (Lipinski definition) is 3. The van der Waals surface area contributed by atoms with Crippen molar-refractivity contribution in [3.8, 4) is 0 Å². The predicted octanol–water partition coefficient (Wildman–Crippen LogP) is 3.58. The number of anilines is 3. The minimum absolute atomic E-state index is 0.0288. The molecule has 0 bridgehead atoms. The van der Waals surface area contributed by atoms with Gasteiger partial charge < -0.3 is 31.4 Å². The molecule has 2 aromatic rings. The zero-order valence-electron chi connectivity index (χ0n) is 19.7. The Labute approximate surface area is 190 Å². The van der Waals surface area contributed by atoms with E-state index in [0.29, 0.717) is 29.3 Å². The molecule has 32 heavy (non-hydrogen) atoms. The standard InChI is InChI=1S/C24H36N4O4/c1-24(2,3)32-22(29)16-11-9-15(10-12-16)7-6-8-17(23(30-4)31-5)13-18-19(25)14-20(26)28-21(18)27/h9-12,14,17,23H,6-8,13H2,1-5H3,(H6,25,26,27,28). The molecule has 0 aliphatic carbocycles. The number of ether oxygens (including phenoxy) is 3. The predicted molar refractivity (Wildman–Crippen MR) is 127 cm³/mol. The maximum Gasteiger partial charge on any atom is 0.338 e. The summed E-state index contributed by atoms with van der Waals surface area (Å²) in [7, 11) is 3.23. The quantitative estimate of drug-likeness (QED) is 0.374. The Morgan fingerprint density at radius 2 is 1.69 bits per heavy atom. The van der Waals surface area contributed by atoms with Gasteiger partial charge in [-0.15, -0.1) is 0 Å². The highest BCUT2D eigenvalue weighted by atomic mass is 16.7. The van der Waals surface area contributed by atoms with Gasteiger partial charge in [-0.1, -0.05) is 12.1 Å². The van der Waals surface area contributed by atoms with Crippen molar-refractivity contribution in [3.63, 3.8) is 0 Å². The second kappa shape index (κ2) is 11.2. The highest BCUT2D eigenvalue weighted by Gasteiger charge is 2.24. The molecule has 1 heterocycles. The van der Waals surface area contributed by atoms with Crippen LogP contribution in [0.4, 0.5) is 17.3 Å². The van der Waals surface area contributed by atoms with Gasteiger partial charge in [0.1, 0.15) is 17.2 Å². The summed E-state index contributed by atoms with van der Waals surface area (Å²) in [5.74, 6) is 0.335. The summed E-state index contributed by atoms with van der Waals surface area (Å²) in [6, 6.07) is 9.13. The average molecular weight is 445 g/mol. The number of hydrogen-bond acceptors (Lipinski definition) is 8. The van der Waals surface area contributed by atoms with Crippen molar-refractivity contribution in [1.82, 2.24) is 4.98 Å². The Balaban J connectivity index is 2.02. The van der Waals surface area contributed by atoms with Crippen LogP contribution in [0.15, 0.2) is 30.3 Å². The number of nitrogens with zero attached hydrogens (tertiary/aromatic N) is 1. The molecule has 1 aromatic heterocycles. The molecule has 0 radical (unpaired) electrons. The molecule has 0 spiro atoms. The molecule has 2 rings (SSSR count). The number of benzene rings is 1. The SMILES string of the molecule is COC(OC)C(CCCc1ccc(C(=O)OC(C)(C)C)cc1)Cc1c(N)cc(N)nc1N. The number of pyridine rings is 1. The zero-order chi connectivity index (χ0) is 23.9. The van der Waals surface area contributed by atoms with Crippen molar-refractivity contribution in [2.45, 2.75) is 58.3 Å². The molecule has 1 unspecified atom stereocenters. The highest BCUT2D eigenvalue weighted by Crippen LogP contribution is 2.28. The van der Waals surface area contributed by atoms with Gasteiger partial charge in [0.15, 0.2) is 6.29 Å². The van der Waals surface area contributed by atoms with Gasteiger partial charge >= 0.3 is 5.97 Å². The van der Waals surface area contributed by atoms with Crippen LogP contribution in [-0.2, 0) is 27.1 Å². The third-order valence-corrected chi connectivity index (χ3v) is 5.16. The molecule has 8 heteroatoms. The first kappa shape index (κ1) is 25.4. The molecule has 8 nitrogen and oxygen atoms in total. The van der Waals surface area contributed by atoms with Crippen LogP contribution in [0.1, 0.15) is 55.1 Å². The van der Waals surface area contributed by atoms with Crippen molar-refractivity contribution in [2.24, 2.45) is 5.92 Å². The van der Waals surface area contributed by atoms with E-state index in [1.807, 2.05) is 32.9 Å². The van der Waals surface area contributed by atoms with Gasteiger partial charge in [0.05, 0.1) is 5.56 Å². The van der Waals surface area contributed by atoms with E-state index in [4.69, 9.17) is 31.4 Å². The summed E-state index contributed by atoms with van der Waals surface area (Å²) in [6.07, 6.45) is 2.72. The average Bonchev–Trinajstić information content (AvgIpc) is 2.70. The van der Waals surface area contributed by atoms with E-state index in [0.717, 1.165) is 30.4 Å². The van der Waals surface area contributed by atoms with Crippen molar-refractivity contribution in [1.29, 1.82) is 0 Å². The number of methoxy groups -OCH3 is 2. The first-order chi connectivity index (χ1) is 15.0. The fourth-order valence-electron chi connectivity index (χ4n) is 3.65. The lowest BCUT2D eigenvalue weighted by Crippen LogP contribution is -2.27. The number of nitrogens with two attached hydrogens (primary N) is 3. The fraction of sp³-hybridized carbons (Fsp3) is 0.500. The molecule has 1 aromatic carbocycles. The molecule has 0 amide bonds. The molecular weight excluding hydrogens is 408 g/mol. The number of carbonyl (C=O) groups excluding carboxylic acids is 1. The van der Waals surface area contributed by atoms with E-state index in [2.05, 4.69) is 4.98 Å². The van der Waals surface area contributed by atoms with Gasteiger partial charge in [0.25, 0.3) is 0 Å². The maximum absolute atomic E-state index is 12.2. The van der Waals surface area contributed by atoms with E-state index >= 15 is 0 Å². The third-order valence-electron chi connectivity index (χ3n) is 5.16. The summed E-state index contributed by atoms with van der Waals surface area (Å²) in [5, 5.41) is 0. The van der Waals surface area contributed by atoms with Crippen LogP contribution in [0.3, 0.4) is 0 Å². The summed E-state index contributed by atoms with van der Waals surface area (Å²) in [4.78, 5) is 16.3. The fourth-order valence-corrected chi connectivity index (χ4v) is 3.65.